The zero-order valence-electron chi connectivity index (χ0n) is 16.8. The monoisotopic (exact) mass is 526 g/mol. The van der Waals surface area contributed by atoms with Crippen molar-refractivity contribution < 1.29 is 4.39 Å². The van der Waals surface area contributed by atoms with Gasteiger partial charge in [-0.05, 0) is 47.2 Å². The third-order valence-corrected chi connectivity index (χ3v) is 6.48. The molecule has 1 saturated heterocycles. The fourth-order valence-corrected chi connectivity index (χ4v) is 4.43. The van der Waals surface area contributed by atoms with Gasteiger partial charge in [0.2, 0.25) is 5.95 Å². The number of nitrogens with one attached hydrogen (secondary N) is 1. The molecule has 0 saturated carbocycles. The molecule has 3 heterocycles. The number of hydrogen-bond donors (Lipinski definition) is 1. The van der Waals surface area contributed by atoms with Crippen molar-refractivity contribution in [1.82, 2.24) is 24.0 Å². The van der Waals surface area contributed by atoms with Gasteiger partial charge in [0.15, 0.2) is 11.2 Å². The van der Waals surface area contributed by atoms with Crippen LogP contribution in [-0.4, -0.2) is 51.5 Å². The van der Waals surface area contributed by atoms with Crippen molar-refractivity contribution in [1.29, 1.82) is 0 Å². The Hall–Kier alpha value is -2.21. The standard InChI is InChI=1S/C20H24FIN6O2/c1-25-17-16(18(29)27(11-7-21)20(25)30)28(13-14-5-2-3-6-15(14)22)19(24-17)26-10-4-8-23-9-12-26/h2-3,5-6,23H,4,7-13H2,1H3. The van der Waals surface area contributed by atoms with Crippen molar-refractivity contribution in [2.75, 3.05) is 37.8 Å². The van der Waals surface area contributed by atoms with Crippen LogP contribution in [0.1, 0.15) is 12.0 Å². The molecule has 8 nitrogen and oxygen atoms in total. The van der Waals surface area contributed by atoms with Gasteiger partial charge in [0.1, 0.15) is 6.67 Å². The van der Waals surface area contributed by atoms with E-state index >= 15 is 0 Å². The van der Waals surface area contributed by atoms with Crippen LogP contribution >= 0.6 is 22.6 Å². The average Bonchev–Trinajstić information content (AvgIpc) is 2.91. The van der Waals surface area contributed by atoms with E-state index in [1.165, 1.54) is 4.57 Å². The van der Waals surface area contributed by atoms with Crippen LogP contribution in [0.3, 0.4) is 0 Å². The highest BCUT2D eigenvalue weighted by Gasteiger charge is 2.24. The minimum Gasteiger partial charge on any atom is -0.341 e. The highest BCUT2D eigenvalue weighted by atomic mass is 127. The van der Waals surface area contributed by atoms with E-state index in [0.29, 0.717) is 23.7 Å². The molecular formula is C20H24FIN6O2. The molecule has 3 aromatic rings. The summed E-state index contributed by atoms with van der Waals surface area (Å²) >= 11 is 2.28. The fourth-order valence-electron chi connectivity index (χ4n) is 3.88. The normalized spacial score (nSPS) is 15.0. The van der Waals surface area contributed by atoms with Crippen molar-refractivity contribution >= 4 is 39.7 Å². The van der Waals surface area contributed by atoms with Gasteiger partial charge in [0.05, 0.1) is 13.1 Å². The Bertz CT molecular complexity index is 1180. The molecule has 0 bridgehead atoms. The molecule has 4 rings (SSSR count). The van der Waals surface area contributed by atoms with Crippen molar-refractivity contribution in [3.05, 3.63) is 54.2 Å². The van der Waals surface area contributed by atoms with Crippen molar-refractivity contribution in [2.24, 2.45) is 7.05 Å². The smallest absolute Gasteiger partial charge is 0.332 e. The van der Waals surface area contributed by atoms with E-state index in [-0.39, 0.29) is 6.54 Å². The largest absolute Gasteiger partial charge is 0.341 e. The lowest BCUT2D eigenvalue weighted by Crippen LogP contribution is -2.40. The lowest BCUT2D eigenvalue weighted by atomic mass is 10.2. The Balaban J connectivity index is 1.98. The summed E-state index contributed by atoms with van der Waals surface area (Å²) in [6.07, 6.45) is 0.955. The molecule has 1 aromatic carbocycles. The number of nitrogens with zero attached hydrogens (tertiary/aromatic N) is 5. The summed E-state index contributed by atoms with van der Waals surface area (Å²) in [5, 5.41) is 3.37. The molecule has 0 atom stereocenters. The highest BCUT2D eigenvalue weighted by molar-refractivity contribution is 14.1. The molecule has 1 N–H and O–H groups in total. The third-order valence-electron chi connectivity index (χ3n) is 5.43. The van der Waals surface area contributed by atoms with Crippen LogP contribution in [0.4, 0.5) is 10.3 Å². The minimum absolute atomic E-state index is 0.265. The zero-order chi connectivity index (χ0) is 21.3. The summed E-state index contributed by atoms with van der Waals surface area (Å²) in [4.78, 5) is 32.8. The van der Waals surface area contributed by atoms with Gasteiger partial charge in [-0.3, -0.25) is 18.5 Å². The maximum absolute atomic E-state index is 13.2. The number of alkyl halides is 1. The molecule has 0 aliphatic carbocycles. The van der Waals surface area contributed by atoms with Crippen molar-refractivity contribution in [3.63, 3.8) is 0 Å². The summed E-state index contributed by atoms with van der Waals surface area (Å²) in [6.45, 7) is 2.69. The first kappa shape index (κ1) is 21.0. The number of halogens is 2. The predicted octanol–water partition coefficient (Wildman–Crippen LogP) is 1.32. The molecule has 160 valence electrons. The molecule has 1 aliphatic heterocycles. The van der Waals surface area contributed by atoms with Gasteiger partial charge in [-0.1, -0.05) is 18.2 Å². The molecule has 0 amide bonds. The second-order valence-corrected chi connectivity index (χ2v) is 8.50. The van der Waals surface area contributed by atoms with Gasteiger partial charge in [0.25, 0.3) is 5.56 Å². The third kappa shape index (κ3) is 3.78. The Kier molecular flexibility index (Phi) is 6.23. The average molecular weight is 526 g/mol. The Labute approximate surface area is 186 Å². The van der Waals surface area contributed by atoms with E-state index in [2.05, 4.69) is 32.8 Å². The maximum Gasteiger partial charge on any atom is 0.332 e. The SMILES string of the molecule is Cn1c(=O)n(CCF)c(=O)c2c1nc(N1CCCNCC1)n2Cc1ccccc1I. The van der Waals surface area contributed by atoms with E-state index < -0.39 is 17.9 Å². The van der Waals surface area contributed by atoms with Crippen molar-refractivity contribution in [2.45, 2.75) is 19.5 Å². The fraction of sp³-hybridized carbons (Fsp3) is 0.450. The quantitative estimate of drug-likeness (QED) is 0.508. The van der Waals surface area contributed by atoms with E-state index in [1.54, 1.807) is 7.05 Å². The summed E-state index contributed by atoms with van der Waals surface area (Å²) in [5.41, 5.74) is 0.670. The van der Waals surface area contributed by atoms with Gasteiger partial charge < -0.3 is 10.2 Å². The summed E-state index contributed by atoms with van der Waals surface area (Å²) < 4.78 is 18.3. The number of benzene rings is 1. The van der Waals surface area contributed by atoms with E-state index in [0.717, 1.165) is 46.3 Å². The van der Waals surface area contributed by atoms with Crippen LogP contribution in [0.2, 0.25) is 0 Å². The molecule has 0 spiro atoms. The molecule has 0 unspecified atom stereocenters. The lowest BCUT2D eigenvalue weighted by molar-refractivity contribution is 0.429. The second kappa shape index (κ2) is 8.88. The topological polar surface area (TPSA) is 77.1 Å². The maximum atomic E-state index is 13.2. The van der Waals surface area contributed by atoms with Crippen LogP contribution in [-0.2, 0) is 20.1 Å². The van der Waals surface area contributed by atoms with E-state index in [1.807, 2.05) is 28.8 Å². The van der Waals surface area contributed by atoms with Gasteiger partial charge >= 0.3 is 5.69 Å². The molecule has 10 heteroatoms. The second-order valence-electron chi connectivity index (χ2n) is 7.34. The number of rotatable bonds is 5. The first-order valence-electron chi connectivity index (χ1n) is 9.98. The molecule has 1 aliphatic rings. The van der Waals surface area contributed by atoms with Gasteiger partial charge in [0, 0.05) is 30.3 Å². The lowest BCUT2D eigenvalue weighted by Gasteiger charge is -2.22. The van der Waals surface area contributed by atoms with Crippen LogP contribution in [0, 0.1) is 3.57 Å². The highest BCUT2D eigenvalue weighted by Crippen LogP contribution is 2.23. The molecular weight excluding hydrogens is 502 g/mol. The Morgan fingerprint density at radius 1 is 1.17 bits per heavy atom. The Morgan fingerprint density at radius 3 is 2.73 bits per heavy atom. The van der Waals surface area contributed by atoms with Crippen molar-refractivity contribution in [3.8, 4) is 0 Å². The number of imidazole rings is 1. The number of aryl methyl sites for hydroxylation is 1. The number of hydrogen-bond acceptors (Lipinski definition) is 5. The summed E-state index contributed by atoms with van der Waals surface area (Å²) in [7, 11) is 1.58. The summed E-state index contributed by atoms with van der Waals surface area (Å²) in [5.74, 6) is 0.665. The minimum atomic E-state index is -0.782. The van der Waals surface area contributed by atoms with Gasteiger partial charge in [-0.25, -0.2) is 9.18 Å². The van der Waals surface area contributed by atoms with Gasteiger partial charge in [-0.2, -0.15) is 4.98 Å². The van der Waals surface area contributed by atoms with Crippen LogP contribution in [0.15, 0.2) is 33.9 Å². The predicted molar refractivity (Wildman–Crippen MR) is 123 cm³/mol. The number of fused-ring (bicyclic) bond motifs is 1. The number of aromatic nitrogens is 4. The molecule has 2 aromatic heterocycles. The zero-order valence-corrected chi connectivity index (χ0v) is 18.9. The van der Waals surface area contributed by atoms with Crippen LogP contribution in [0.25, 0.3) is 11.2 Å². The first-order chi connectivity index (χ1) is 14.5. The van der Waals surface area contributed by atoms with Gasteiger partial charge in [-0.15, -0.1) is 0 Å². The van der Waals surface area contributed by atoms with E-state index in [4.69, 9.17) is 4.98 Å². The van der Waals surface area contributed by atoms with Crippen LogP contribution < -0.4 is 21.5 Å². The number of anilines is 1. The molecule has 1 fully saturated rings. The molecule has 0 radical (unpaired) electrons. The summed E-state index contributed by atoms with van der Waals surface area (Å²) in [6, 6.07) is 7.96. The van der Waals surface area contributed by atoms with Crippen LogP contribution in [0.5, 0.6) is 0 Å². The molecule has 30 heavy (non-hydrogen) atoms. The first-order valence-corrected chi connectivity index (χ1v) is 11.1. The van der Waals surface area contributed by atoms with E-state index in [9.17, 15) is 14.0 Å². The Morgan fingerprint density at radius 2 is 1.97 bits per heavy atom.